The molecular weight excluding hydrogens is 464 g/mol. The molecule has 0 bridgehead atoms. The fraction of sp³-hybridized carbons (Fsp3) is 0.500. The summed E-state index contributed by atoms with van der Waals surface area (Å²) in [5.41, 5.74) is 6.29. The zero-order valence-electron chi connectivity index (χ0n) is 20.2. The number of hydrogen-bond acceptors (Lipinski definition) is 7. The fourth-order valence-corrected chi connectivity index (χ4v) is 5.93. The second-order valence-electron chi connectivity index (χ2n) is 9.73. The van der Waals surface area contributed by atoms with E-state index in [4.69, 9.17) is 14.2 Å². The number of allylic oxidation sites excluding steroid dienone is 1. The lowest BCUT2D eigenvalue weighted by Crippen LogP contribution is -2.52. The number of aliphatic hydroxyl groups excluding tert-OH is 3. The highest BCUT2D eigenvalue weighted by molar-refractivity contribution is 7.99. The summed E-state index contributed by atoms with van der Waals surface area (Å²) in [6.07, 6.45) is 3.21. The predicted octanol–water partition coefficient (Wildman–Crippen LogP) is 3.74. The standard InChI is InChI=1S/C28H34O6S/c1-17-3-6-21(26-24(30)23(29)25(31)27(34-26)35-2)16-22(17)15-18-4-7-19(8-5-18)20-9-11-28(12-10-20)32-13-14-33-28/h3-9,16,23-27,29-31H,10-15H2,1-2H3/t23-,24-,25+,26+,27-/m1/s1. The molecule has 5 atom stereocenters. The van der Waals surface area contributed by atoms with Gasteiger partial charge >= 0.3 is 0 Å². The van der Waals surface area contributed by atoms with Gasteiger partial charge in [-0.25, -0.2) is 0 Å². The van der Waals surface area contributed by atoms with Gasteiger partial charge in [-0.05, 0) is 59.4 Å². The summed E-state index contributed by atoms with van der Waals surface area (Å²) in [5.74, 6) is -0.397. The van der Waals surface area contributed by atoms with Crippen molar-refractivity contribution in [3.63, 3.8) is 0 Å². The zero-order valence-corrected chi connectivity index (χ0v) is 21.0. The third-order valence-electron chi connectivity index (χ3n) is 7.47. The average Bonchev–Trinajstić information content (AvgIpc) is 3.33. The number of benzene rings is 2. The topological polar surface area (TPSA) is 88.4 Å². The van der Waals surface area contributed by atoms with Crippen LogP contribution in [0.3, 0.4) is 0 Å². The van der Waals surface area contributed by atoms with Crippen molar-refractivity contribution in [3.8, 4) is 0 Å². The Balaban J connectivity index is 1.30. The van der Waals surface area contributed by atoms with E-state index in [1.54, 1.807) is 0 Å². The lowest BCUT2D eigenvalue weighted by molar-refractivity contribution is -0.200. The summed E-state index contributed by atoms with van der Waals surface area (Å²) in [6.45, 7) is 3.45. The Kier molecular flexibility index (Phi) is 7.38. The zero-order chi connectivity index (χ0) is 24.6. The quantitative estimate of drug-likeness (QED) is 0.579. The van der Waals surface area contributed by atoms with Crippen molar-refractivity contribution in [3.05, 3.63) is 76.4 Å². The first kappa shape index (κ1) is 25.0. The van der Waals surface area contributed by atoms with Gasteiger partial charge in [0.2, 0.25) is 0 Å². The van der Waals surface area contributed by atoms with Crippen LogP contribution in [0.1, 0.15) is 53.2 Å². The second-order valence-corrected chi connectivity index (χ2v) is 10.7. The molecule has 3 aliphatic rings. The number of rotatable bonds is 5. The van der Waals surface area contributed by atoms with Crippen molar-refractivity contribution in [1.82, 2.24) is 0 Å². The highest BCUT2D eigenvalue weighted by atomic mass is 32.2. The molecule has 1 spiro atoms. The minimum absolute atomic E-state index is 0.397. The molecule has 0 amide bonds. The molecule has 0 aromatic heterocycles. The molecule has 2 aromatic carbocycles. The Morgan fingerprint density at radius 2 is 1.71 bits per heavy atom. The second kappa shape index (κ2) is 10.3. The van der Waals surface area contributed by atoms with Crippen molar-refractivity contribution >= 4 is 17.3 Å². The highest BCUT2D eigenvalue weighted by Crippen LogP contribution is 2.39. The van der Waals surface area contributed by atoms with E-state index in [0.29, 0.717) is 13.2 Å². The summed E-state index contributed by atoms with van der Waals surface area (Å²) in [6, 6.07) is 14.7. The van der Waals surface area contributed by atoms with E-state index in [1.165, 1.54) is 28.5 Å². The third kappa shape index (κ3) is 5.09. The molecule has 2 fully saturated rings. The monoisotopic (exact) mass is 498 g/mol. The number of thioether (sulfide) groups is 1. The lowest BCUT2D eigenvalue weighted by Gasteiger charge is -2.40. The molecule has 35 heavy (non-hydrogen) atoms. The van der Waals surface area contributed by atoms with Crippen LogP contribution >= 0.6 is 11.8 Å². The number of hydrogen-bond donors (Lipinski definition) is 3. The summed E-state index contributed by atoms with van der Waals surface area (Å²) in [7, 11) is 0. The van der Waals surface area contributed by atoms with Crippen LogP contribution in [0.15, 0.2) is 48.5 Å². The molecule has 188 valence electrons. The molecule has 6 nitrogen and oxygen atoms in total. The van der Waals surface area contributed by atoms with Crippen LogP contribution in [0.2, 0.25) is 0 Å². The van der Waals surface area contributed by atoms with E-state index in [0.717, 1.165) is 42.4 Å². The normalized spacial score (nSPS) is 30.4. The van der Waals surface area contributed by atoms with Gasteiger partial charge in [0.25, 0.3) is 0 Å². The van der Waals surface area contributed by atoms with Gasteiger partial charge in [-0.1, -0.05) is 48.5 Å². The van der Waals surface area contributed by atoms with Crippen LogP contribution in [0.4, 0.5) is 0 Å². The number of ether oxygens (including phenoxy) is 3. The Morgan fingerprint density at radius 1 is 0.971 bits per heavy atom. The Bertz CT molecular complexity index is 1060. The minimum Gasteiger partial charge on any atom is -0.387 e. The Hall–Kier alpha value is -1.71. The Labute approximate surface area is 210 Å². The van der Waals surface area contributed by atoms with Crippen molar-refractivity contribution in [1.29, 1.82) is 0 Å². The molecule has 2 heterocycles. The van der Waals surface area contributed by atoms with E-state index in [-0.39, 0.29) is 0 Å². The van der Waals surface area contributed by atoms with Gasteiger partial charge in [0.1, 0.15) is 29.9 Å². The Morgan fingerprint density at radius 3 is 2.37 bits per heavy atom. The highest BCUT2D eigenvalue weighted by Gasteiger charge is 2.44. The van der Waals surface area contributed by atoms with Crippen LogP contribution in [0, 0.1) is 6.92 Å². The summed E-state index contributed by atoms with van der Waals surface area (Å²) in [4.78, 5) is 0. The van der Waals surface area contributed by atoms with Gasteiger partial charge in [-0.2, -0.15) is 0 Å². The molecule has 1 aliphatic carbocycles. The van der Waals surface area contributed by atoms with Crippen molar-refractivity contribution in [2.75, 3.05) is 19.5 Å². The fourth-order valence-electron chi connectivity index (χ4n) is 5.26. The molecule has 0 radical (unpaired) electrons. The lowest BCUT2D eigenvalue weighted by atomic mass is 9.88. The minimum atomic E-state index is -1.25. The van der Waals surface area contributed by atoms with Crippen LogP contribution in [-0.2, 0) is 20.6 Å². The number of aliphatic hydroxyl groups is 3. The third-order valence-corrected chi connectivity index (χ3v) is 8.33. The van der Waals surface area contributed by atoms with Gasteiger partial charge in [-0.3, -0.25) is 0 Å². The van der Waals surface area contributed by atoms with Crippen molar-refractivity contribution in [2.45, 2.75) is 68.2 Å². The maximum atomic E-state index is 10.6. The molecule has 2 aromatic rings. The molecule has 0 saturated carbocycles. The van der Waals surface area contributed by atoms with Gasteiger partial charge in [0.05, 0.1) is 13.2 Å². The largest absolute Gasteiger partial charge is 0.387 e. The van der Waals surface area contributed by atoms with Gasteiger partial charge in [0.15, 0.2) is 5.79 Å². The van der Waals surface area contributed by atoms with Crippen molar-refractivity contribution < 1.29 is 29.5 Å². The first-order valence-corrected chi connectivity index (χ1v) is 13.6. The van der Waals surface area contributed by atoms with Crippen molar-refractivity contribution in [2.24, 2.45) is 0 Å². The van der Waals surface area contributed by atoms with Crippen LogP contribution in [-0.4, -0.2) is 64.3 Å². The van der Waals surface area contributed by atoms with E-state index in [9.17, 15) is 15.3 Å². The van der Waals surface area contributed by atoms with Gasteiger partial charge < -0.3 is 29.5 Å². The average molecular weight is 499 g/mol. The molecule has 2 aliphatic heterocycles. The van der Waals surface area contributed by atoms with E-state index in [2.05, 4.69) is 37.3 Å². The van der Waals surface area contributed by atoms with Crippen LogP contribution in [0.25, 0.3) is 5.57 Å². The summed E-state index contributed by atoms with van der Waals surface area (Å²) in [5, 5.41) is 31.1. The maximum absolute atomic E-state index is 10.6. The molecule has 7 heteroatoms. The maximum Gasteiger partial charge on any atom is 0.172 e. The summed E-state index contributed by atoms with van der Waals surface area (Å²) < 4.78 is 17.6. The van der Waals surface area contributed by atoms with E-state index < -0.39 is 35.6 Å². The first-order valence-electron chi connectivity index (χ1n) is 12.3. The number of aryl methyl sites for hydroxylation is 1. The molecule has 5 rings (SSSR count). The van der Waals surface area contributed by atoms with E-state index >= 15 is 0 Å². The van der Waals surface area contributed by atoms with Crippen LogP contribution < -0.4 is 0 Å². The molecule has 0 unspecified atom stereocenters. The summed E-state index contributed by atoms with van der Waals surface area (Å²) >= 11 is 1.32. The molecule has 2 saturated heterocycles. The van der Waals surface area contributed by atoms with Gasteiger partial charge in [0, 0.05) is 12.8 Å². The SMILES string of the molecule is CS[C@H]1O[C@@H](c2ccc(C)c(Cc3ccc(C4=CCC5(CC4)OCCO5)cc3)c2)[C@H](O)[C@@H](O)[C@@H]1O. The van der Waals surface area contributed by atoms with Gasteiger partial charge in [-0.15, -0.1) is 11.8 Å². The predicted molar refractivity (Wildman–Crippen MR) is 136 cm³/mol. The molecular formula is C28H34O6S. The molecule has 3 N–H and O–H groups in total. The van der Waals surface area contributed by atoms with Crippen LogP contribution in [0.5, 0.6) is 0 Å². The first-order chi connectivity index (χ1) is 16.9. The smallest absolute Gasteiger partial charge is 0.172 e. The van der Waals surface area contributed by atoms with E-state index in [1.807, 2.05) is 24.5 Å².